The predicted octanol–water partition coefficient (Wildman–Crippen LogP) is 17.9. The number of esters is 2. The zero-order valence-corrected chi connectivity index (χ0v) is 51.2. The molecule has 0 bridgehead atoms. The number of rotatable bonds is 57. The summed E-state index contributed by atoms with van der Waals surface area (Å²) in [6, 6.07) is 0. The summed E-state index contributed by atoms with van der Waals surface area (Å²) in [5, 5.41) is 11.8. The van der Waals surface area contributed by atoms with Gasteiger partial charge in [0.25, 0.3) is 0 Å². The number of allylic oxidation sites excluding steroid dienone is 20. The molecule has 2 atom stereocenters. The van der Waals surface area contributed by atoms with Crippen LogP contribution in [0, 0.1) is 0 Å². The fraction of sp³-hybridized carbons (Fsp3) is 0.671. The maximum atomic E-state index is 12.9. The zero-order valence-electron chi connectivity index (χ0n) is 51.2. The van der Waals surface area contributed by atoms with E-state index in [1.54, 1.807) is 0 Å². The van der Waals surface area contributed by atoms with Crippen LogP contribution >= 0.6 is 0 Å². The van der Waals surface area contributed by atoms with E-state index >= 15 is 0 Å². The molecule has 0 amide bonds. The van der Waals surface area contributed by atoms with Crippen LogP contribution in [-0.2, 0) is 33.3 Å². The van der Waals surface area contributed by atoms with Gasteiger partial charge in [-0.15, -0.1) is 0 Å². The molecule has 9 heteroatoms. The Hall–Kier alpha value is -4.31. The minimum Gasteiger partial charge on any atom is -0.545 e. The van der Waals surface area contributed by atoms with Gasteiger partial charge in [-0.3, -0.25) is 9.59 Å². The van der Waals surface area contributed by atoms with Crippen LogP contribution in [0.15, 0.2) is 122 Å². The third-order valence-corrected chi connectivity index (χ3v) is 13.2. The van der Waals surface area contributed by atoms with E-state index < -0.39 is 30.3 Å². The van der Waals surface area contributed by atoms with E-state index in [1.165, 1.54) is 109 Å². The summed E-state index contributed by atoms with van der Waals surface area (Å²) in [5.74, 6) is -2.34. The van der Waals surface area contributed by atoms with Crippen LogP contribution in [0.5, 0.6) is 0 Å². The predicted molar refractivity (Wildman–Crippen MR) is 333 cm³/mol. The molecule has 0 aromatic rings. The van der Waals surface area contributed by atoms with E-state index in [-0.39, 0.29) is 32.7 Å². The van der Waals surface area contributed by atoms with Gasteiger partial charge in [-0.2, -0.15) is 0 Å². The molecule has 0 aliphatic rings. The van der Waals surface area contributed by atoms with E-state index in [1.807, 2.05) is 21.1 Å². The monoisotopic (exact) mass is 1100 g/mol. The number of hydrogen-bond donors (Lipinski definition) is 0. The molecule has 450 valence electrons. The number of nitrogens with zero attached hydrogens (tertiary/aromatic N) is 1. The molecule has 0 spiro atoms. The Morgan fingerprint density at radius 3 is 1.04 bits per heavy atom. The van der Waals surface area contributed by atoms with Crippen molar-refractivity contribution in [2.75, 3.05) is 47.5 Å². The van der Waals surface area contributed by atoms with Crippen molar-refractivity contribution in [2.24, 2.45) is 0 Å². The van der Waals surface area contributed by atoms with E-state index in [0.717, 1.165) is 96.3 Å². The number of aliphatic carboxylic acids is 1. The molecule has 0 fully saturated rings. The van der Waals surface area contributed by atoms with Crippen LogP contribution in [0.25, 0.3) is 0 Å². The number of likely N-dealkylation sites (N-methyl/N-ethyl adjacent to an activating group) is 1. The average molecular weight is 1100 g/mol. The lowest BCUT2D eigenvalue weighted by atomic mass is 10.0. The fourth-order valence-electron chi connectivity index (χ4n) is 8.41. The number of hydrogen-bond acceptors (Lipinski definition) is 8. The highest BCUT2D eigenvalue weighted by Crippen LogP contribution is 2.16. The van der Waals surface area contributed by atoms with Crippen LogP contribution in [0.4, 0.5) is 0 Å². The summed E-state index contributed by atoms with van der Waals surface area (Å²) < 4.78 is 22.6. The van der Waals surface area contributed by atoms with Gasteiger partial charge in [0.1, 0.15) is 13.2 Å². The van der Waals surface area contributed by atoms with E-state index in [0.29, 0.717) is 23.9 Å². The Balaban J connectivity index is 4.05. The normalized spacial score (nSPS) is 13.6. The Morgan fingerprint density at radius 1 is 0.380 bits per heavy atom. The molecular formula is C70H117NO8. The molecule has 0 N–H and O–H groups in total. The summed E-state index contributed by atoms with van der Waals surface area (Å²) >= 11 is 0. The Kier molecular flexibility index (Phi) is 56.5. The molecule has 0 rings (SSSR count). The van der Waals surface area contributed by atoms with Gasteiger partial charge < -0.3 is 33.3 Å². The lowest BCUT2D eigenvalue weighted by Crippen LogP contribution is -2.44. The second-order valence-electron chi connectivity index (χ2n) is 21.9. The highest BCUT2D eigenvalue weighted by Gasteiger charge is 2.22. The van der Waals surface area contributed by atoms with Gasteiger partial charge in [0.15, 0.2) is 12.4 Å². The minimum absolute atomic E-state index is 0.137. The number of carboxylic acid groups (broad SMARTS) is 1. The van der Waals surface area contributed by atoms with Crippen molar-refractivity contribution < 1.29 is 42.9 Å². The highest BCUT2D eigenvalue weighted by atomic mass is 16.7. The van der Waals surface area contributed by atoms with Crippen LogP contribution in [0.3, 0.4) is 0 Å². The van der Waals surface area contributed by atoms with Crippen LogP contribution in [0.2, 0.25) is 0 Å². The molecule has 0 radical (unpaired) electrons. The van der Waals surface area contributed by atoms with Crippen molar-refractivity contribution in [2.45, 2.75) is 257 Å². The Bertz CT molecular complexity index is 1710. The lowest BCUT2D eigenvalue weighted by molar-refractivity contribution is -0.870. The van der Waals surface area contributed by atoms with Gasteiger partial charge in [-0.05, 0) is 103 Å². The van der Waals surface area contributed by atoms with Crippen molar-refractivity contribution >= 4 is 17.9 Å². The van der Waals surface area contributed by atoms with E-state index in [2.05, 4.69) is 135 Å². The first-order valence-electron chi connectivity index (χ1n) is 31.7. The SMILES string of the molecule is CC/C=C\C/C=C\C/C=C\C/C=C\C/C=C\C/C=C\CCCCCCCCCCCCCCCCCCCCCCC(=O)OC(COC(=O)CCCC/C=C\C/C=C\C/C=C\C/C=C\CC)COC(OCC[N+](C)(C)C)C(=O)[O-]. The summed E-state index contributed by atoms with van der Waals surface area (Å²) in [6.45, 7) is 4.47. The van der Waals surface area contributed by atoms with Gasteiger partial charge in [0, 0.05) is 12.8 Å². The molecule has 79 heavy (non-hydrogen) atoms. The van der Waals surface area contributed by atoms with Gasteiger partial charge in [-0.25, -0.2) is 0 Å². The van der Waals surface area contributed by atoms with Crippen molar-refractivity contribution in [1.29, 1.82) is 0 Å². The summed E-state index contributed by atoms with van der Waals surface area (Å²) in [6.07, 6.45) is 81.5. The summed E-state index contributed by atoms with van der Waals surface area (Å²) in [4.78, 5) is 37.3. The molecular weight excluding hydrogens is 983 g/mol. The molecule has 0 aromatic heterocycles. The largest absolute Gasteiger partial charge is 0.545 e. The number of carbonyl (C=O) groups is 3. The smallest absolute Gasteiger partial charge is 0.306 e. The lowest BCUT2D eigenvalue weighted by Gasteiger charge is -2.26. The van der Waals surface area contributed by atoms with Crippen molar-refractivity contribution in [1.82, 2.24) is 0 Å². The number of carbonyl (C=O) groups excluding carboxylic acids is 3. The third-order valence-electron chi connectivity index (χ3n) is 13.2. The molecule has 0 saturated carbocycles. The maximum absolute atomic E-state index is 12.9. The maximum Gasteiger partial charge on any atom is 0.306 e. The summed E-state index contributed by atoms with van der Waals surface area (Å²) in [5.41, 5.74) is 0. The molecule has 0 aliphatic carbocycles. The van der Waals surface area contributed by atoms with E-state index in [4.69, 9.17) is 18.9 Å². The number of carboxylic acids is 1. The second kappa shape index (κ2) is 59.8. The van der Waals surface area contributed by atoms with Gasteiger partial charge in [-0.1, -0.05) is 251 Å². The van der Waals surface area contributed by atoms with Crippen molar-refractivity contribution in [3.63, 3.8) is 0 Å². The first-order valence-corrected chi connectivity index (χ1v) is 31.7. The Morgan fingerprint density at radius 2 is 0.684 bits per heavy atom. The minimum atomic E-state index is -1.63. The average Bonchev–Trinajstić information content (AvgIpc) is 3.42. The van der Waals surface area contributed by atoms with Gasteiger partial charge >= 0.3 is 11.9 Å². The van der Waals surface area contributed by atoms with Crippen LogP contribution in [-0.4, -0.2) is 82.3 Å². The van der Waals surface area contributed by atoms with Crippen molar-refractivity contribution in [3.05, 3.63) is 122 Å². The number of quaternary nitrogens is 1. The molecule has 0 aliphatic heterocycles. The molecule has 9 nitrogen and oxygen atoms in total. The van der Waals surface area contributed by atoms with Gasteiger partial charge in [0.05, 0.1) is 40.3 Å². The van der Waals surface area contributed by atoms with Crippen LogP contribution in [0.1, 0.15) is 245 Å². The topological polar surface area (TPSA) is 111 Å². The second-order valence-corrected chi connectivity index (χ2v) is 21.9. The fourth-order valence-corrected chi connectivity index (χ4v) is 8.41. The number of ether oxygens (including phenoxy) is 4. The molecule has 2 unspecified atom stereocenters. The third kappa shape index (κ3) is 61.2. The molecule has 0 saturated heterocycles. The summed E-state index contributed by atoms with van der Waals surface area (Å²) in [7, 11) is 5.91. The zero-order chi connectivity index (χ0) is 57.6. The molecule has 0 aromatic carbocycles. The first-order chi connectivity index (χ1) is 38.6. The Labute approximate surface area is 485 Å². The first kappa shape index (κ1) is 74.7. The standard InChI is InChI=1S/C70H117NO8/c1-6-8-10-12-14-16-18-20-22-23-24-25-26-27-28-29-30-31-32-33-34-35-36-37-38-39-40-41-42-43-44-45-47-49-51-53-55-57-59-61-68(73)79-66(65-78-70(69(74)75)76-63-62-71(3,4)5)64-77-67(72)60-58-56-54-52-50-48-46-21-19-17-15-13-11-9-7-2/h8-11,14-17,20-22,24-25,27-28,30-31,46,50,52,66,70H,6-7,12-13,18-19,23,26,29,32-45,47-49,51,53-65H2,1-5H3/b10-8-,11-9-,16-14-,17-15-,22-20-,25-24-,28-27-,31-30-,46-21-,52-50-. The van der Waals surface area contributed by atoms with Crippen LogP contribution < -0.4 is 5.11 Å². The highest BCUT2D eigenvalue weighted by molar-refractivity contribution is 5.70. The molecule has 0 heterocycles. The van der Waals surface area contributed by atoms with E-state index in [9.17, 15) is 19.5 Å². The number of unbranched alkanes of at least 4 members (excludes halogenated alkanes) is 22. The van der Waals surface area contributed by atoms with Crippen molar-refractivity contribution in [3.8, 4) is 0 Å². The quantitative estimate of drug-likeness (QED) is 0.0195. The van der Waals surface area contributed by atoms with Gasteiger partial charge in [0.2, 0.25) is 0 Å².